The molecular weight excluding hydrogens is 480 g/mol. The molecule has 9 heteroatoms. The summed E-state index contributed by atoms with van der Waals surface area (Å²) in [6.07, 6.45) is -5.05. The van der Waals surface area contributed by atoms with E-state index in [0.717, 1.165) is 29.8 Å². The summed E-state index contributed by atoms with van der Waals surface area (Å²) >= 11 is 0. The second-order valence-electron chi connectivity index (χ2n) is 9.02. The van der Waals surface area contributed by atoms with E-state index >= 15 is 0 Å². The molecule has 0 aliphatic rings. The van der Waals surface area contributed by atoms with Crippen LogP contribution < -0.4 is 14.9 Å². The Morgan fingerprint density at radius 2 is 1.56 bits per heavy atom. The third-order valence-electron chi connectivity index (χ3n) is 5.29. The number of carbonyl (C=O) groups is 1. The lowest BCUT2D eigenvalue weighted by atomic mass is 9.87. The Morgan fingerprint density at radius 1 is 0.889 bits per heavy atom. The maximum atomic E-state index is 13.8. The van der Waals surface area contributed by atoms with E-state index in [-0.39, 0.29) is 27.9 Å². The first-order chi connectivity index (χ1) is 16.8. The number of rotatable bonds is 4. The first-order valence-corrected chi connectivity index (χ1v) is 10.8. The van der Waals surface area contributed by atoms with Gasteiger partial charge in [0.25, 0.3) is 5.76 Å². The van der Waals surface area contributed by atoms with Gasteiger partial charge in [0, 0.05) is 6.07 Å². The van der Waals surface area contributed by atoms with Crippen molar-refractivity contribution < 1.29 is 36.2 Å². The molecule has 0 radical (unpaired) electrons. The molecule has 0 saturated carbocycles. The van der Waals surface area contributed by atoms with Crippen molar-refractivity contribution >= 4 is 16.9 Å². The summed E-state index contributed by atoms with van der Waals surface area (Å²) in [7, 11) is 0. The van der Waals surface area contributed by atoms with Gasteiger partial charge in [0.15, 0.2) is 0 Å². The van der Waals surface area contributed by atoms with Gasteiger partial charge >= 0.3 is 12.1 Å². The summed E-state index contributed by atoms with van der Waals surface area (Å²) in [5, 5.41) is -0.213. The third-order valence-corrected chi connectivity index (χ3v) is 5.29. The fourth-order valence-electron chi connectivity index (χ4n) is 3.42. The van der Waals surface area contributed by atoms with Gasteiger partial charge in [-0.1, -0.05) is 39.0 Å². The van der Waals surface area contributed by atoms with Crippen LogP contribution in [-0.4, -0.2) is 5.97 Å². The van der Waals surface area contributed by atoms with Crippen molar-refractivity contribution in [2.24, 2.45) is 0 Å². The van der Waals surface area contributed by atoms with Gasteiger partial charge in [0.1, 0.15) is 22.9 Å². The zero-order chi connectivity index (χ0) is 26.3. The van der Waals surface area contributed by atoms with Crippen LogP contribution in [0.25, 0.3) is 11.0 Å². The van der Waals surface area contributed by atoms with E-state index in [0.29, 0.717) is 0 Å². The second kappa shape index (κ2) is 9.14. The Labute approximate surface area is 202 Å². The summed E-state index contributed by atoms with van der Waals surface area (Å²) < 4.78 is 70.3. The number of hydrogen-bond donors (Lipinski definition) is 0. The summed E-state index contributed by atoms with van der Waals surface area (Å²) in [6, 6.07) is 14.4. The number of alkyl halides is 3. The monoisotopic (exact) mass is 500 g/mol. The zero-order valence-electron chi connectivity index (χ0n) is 19.4. The van der Waals surface area contributed by atoms with Gasteiger partial charge in [-0.2, -0.15) is 13.2 Å². The van der Waals surface area contributed by atoms with Gasteiger partial charge in [0.2, 0.25) is 11.2 Å². The average molecular weight is 500 g/mol. The highest BCUT2D eigenvalue weighted by molar-refractivity contribution is 5.91. The van der Waals surface area contributed by atoms with Crippen molar-refractivity contribution in [3.63, 3.8) is 0 Å². The van der Waals surface area contributed by atoms with E-state index in [9.17, 15) is 27.2 Å². The molecule has 1 aromatic heterocycles. The Hall–Kier alpha value is -4.14. The van der Waals surface area contributed by atoms with E-state index in [4.69, 9.17) is 13.9 Å². The lowest BCUT2D eigenvalue weighted by Crippen LogP contribution is -2.16. The molecule has 0 atom stereocenters. The molecule has 0 spiro atoms. The minimum absolute atomic E-state index is 0.0285. The van der Waals surface area contributed by atoms with E-state index in [2.05, 4.69) is 0 Å². The van der Waals surface area contributed by atoms with Gasteiger partial charge in [-0.05, 0) is 53.4 Å². The molecule has 5 nitrogen and oxygen atoms in total. The normalized spacial score (nSPS) is 12.0. The molecule has 0 N–H and O–H groups in total. The van der Waals surface area contributed by atoms with Crippen molar-refractivity contribution in [2.75, 3.05) is 0 Å². The van der Waals surface area contributed by atoms with Gasteiger partial charge < -0.3 is 13.9 Å². The van der Waals surface area contributed by atoms with Gasteiger partial charge in [-0.25, -0.2) is 9.18 Å². The lowest BCUT2D eigenvalue weighted by molar-refractivity contribution is -0.154. The van der Waals surface area contributed by atoms with E-state index in [1.165, 1.54) is 30.3 Å². The number of esters is 1. The Kier molecular flexibility index (Phi) is 6.34. The van der Waals surface area contributed by atoms with Crippen LogP contribution in [0.15, 0.2) is 75.9 Å². The standard InChI is InChI=1S/C27H20F4O5/c1-26(2,3)16-7-9-18(10-8-16)34-23-22(32)20-12-11-19(14-21(20)36-24(23)27(29,30)31)35-25(33)15-5-4-6-17(28)13-15/h4-14H,1-3H3. The molecule has 0 amide bonds. The van der Waals surface area contributed by atoms with Crippen molar-refractivity contribution in [2.45, 2.75) is 32.4 Å². The Balaban J connectivity index is 1.72. The molecule has 0 aliphatic heterocycles. The zero-order valence-corrected chi connectivity index (χ0v) is 19.4. The minimum atomic E-state index is -5.05. The molecular formula is C27H20F4O5. The van der Waals surface area contributed by atoms with Crippen LogP contribution in [0.1, 0.15) is 42.5 Å². The third kappa shape index (κ3) is 5.25. The highest BCUT2D eigenvalue weighted by Gasteiger charge is 2.40. The summed E-state index contributed by atoms with van der Waals surface area (Å²) in [5.41, 5.74) is -0.878. The predicted molar refractivity (Wildman–Crippen MR) is 124 cm³/mol. The largest absolute Gasteiger partial charge is 0.453 e. The predicted octanol–water partition coefficient (Wildman–Crippen LogP) is 7.26. The fraction of sp³-hybridized carbons (Fsp3) is 0.185. The summed E-state index contributed by atoms with van der Waals surface area (Å²) in [5.74, 6) is -4.41. The average Bonchev–Trinajstić information content (AvgIpc) is 2.79. The maximum absolute atomic E-state index is 13.8. The fourth-order valence-corrected chi connectivity index (χ4v) is 3.42. The first-order valence-electron chi connectivity index (χ1n) is 10.8. The van der Waals surface area contributed by atoms with Crippen LogP contribution in [0.4, 0.5) is 17.6 Å². The first kappa shape index (κ1) is 25.0. The molecule has 186 valence electrons. The van der Waals surface area contributed by atoms with E-state index in [1.54, 1.807) is 12.1 Å². The highest BCUT2D eigenvalue weighted by Crippen LogP contribution is 2.39. The number of halogens is 4. The molecule has 1 heterocycles. The van der Waals surface area contributed by atoms with Gasteiger partial charge in [0.05, 0.1) is 10.9 Å². The lowest BCUT2D eigenvalue weighted by Gasteiger charge is -2.19. The van der Waals surface area contributed by atoms with Crippen molar-refractivity contribution in [3.05, 3.63) is 99.7 Å². The number of benzene rings is 3. The number of hydrogen-bond acceptors (Lipinski definition) is 5. The number of carbonyl (C=O) groups excluding carboxylic acids is 1. The van der Waals surface area contributed by atoms with Crippen molar-refractivity contribution in [1.82, 2.24) is 0 Å². The molecule has 3 aromatic carbocycles. The molecule has 0 saturated heterocycles. The molecule has 0 aliphatic carbocycles. The van der Waals surface area contributed by atoms with Crippen LogP contribution in [0.5, 0.6) is 17.2 Å². The molecule has 0 bridgehead atoms. The van der Waals surface area contributed by atoms with Crippen LogP contribution in [0, 0.1) is 5.82 Å². The second-order valence-corrected chi connectivity index (χ2v) is 9.02. The minimum Gasteiger partial charge on any atom is -0.449 e. The molecule has 36 heavy (non-hydrogen) atoms. The highest BCUT2D eigenvalue weighted by atomic mass is 19.4. The molecule has 4 rings (SSSR count). The van der Waals surface area contributed by atoms with Crippen LogP contribution >= 0.6 is 0 Å². The number of fused-ring (bicyclic) bond motifs is 1. The van der Waals surface area contributed by atoms with Crippen LogP contribution in [-0.2, 0) is 11.6 Å². The Morgan fingerprint density at radius 3 is 2.17 bits per heavy atom. The quantitative estimate of drug-likeness (QED) is 0.168. The smallest absolute Gasteiger partial charge is 0.449 e. The molecule has 0 fully saturated rings. The SMILES string of the molecule is CC(C)(C)c1ccc(Oc2c(C(F)(F)F)oc3cc(OC(=O)c4cccc(F)c4)ccc3c2=O)cc1. The van der Waals surface area contributed by atoms with Crippen LogP contribution in [0.2, 0.25) is 0 Å². The molecule has 4 aromatic rings. The number of ether oxygens (including phenoxy) is 2. The van der Waals surface area contributed by atoms with E-state index < -0.39 is 40.5 Å². The molecule has 0 unspecified atom stereocenters. The van der Waals surface area contributed by atoms with Gasteiger partial charge in [-0.15, -0.1) is 0 Å². The summed E-state index contributed by atoms with van der Waals surface area (Å²) in [4.78, 5) is 25.2. The van der Waals surface area contributed by atoms with E-state index in [1.807, 2.05) is 20.8 Å². The maximum Gasteiger partial charge on any atom is 0.453 e. The van der Waals surface area contributed by atoms with Crippen molar-refractivity contribution in [1.29, 1.82) is 0 Å². The van der Waals surface area contributed by atoms with Gasteiger partial charge in [-0.3, -0.25) is 4.79 Å². The summed E-state index contributed by atoms with van der Waals surface area (Å²) in [6.45, 7) is 5.94. The Bertz CT molecular complexity index is 1500. The van der Waals surface area contributed by atoms with Crippen LogP contribution in [0.3, 0.4) is 0 Å². The van der Waals surface area contributed by atoms with Crippen molar-refractivity contribution in [3.8, 4) is 17.2 Å². The topological polar surface area (TPSA) is 65.7 Å².